The van der Waals surface area contributed by atoms with Gasteiger partial charge in [-0.1, -0.05) is 39.2 Å². The van der Waals surface area contributed by atoms with Gasteiger partial charge in [0.15, 0.2) is 11.6 Å². The van der Waals surface area contributed by atoms with Gasteiger partial charge in [-0.25, -0.2) is 4.79 Å². The van der Waals surface area contributed by atoms with Gasteiger partial charge in [-0.15, -0.1) is 0 Å². The Kier molecular flexibility index (Phi) is 7.55. The fourth-order valence-electron chi connectivity index (χ4n) is 3.11. The van der Waals surface area contributed by atoms with Gasteiger partial charge in [0, 0.05) is 11.6 Å². The molecule has 1 atom stereocenters. The number of unbranched alkanes of at least 4 members (excludes halogenated alkanes) is 3. The van der Waals surface area contributed by atoms with Crippen LogP contribution in [-0.4, -0.2) is 33.9 Å². The number of hydrogen-bond donors (Lipinski definition) is 2. The maximum Gasteiger partial charge on any atom is 0.331 e. The third kappa shape index (κ3) is 4.88. The third-order valence-corrected chi connectivity index (χ3v) is 4.57. The Labute approximate surface area is 164 Å². The van der Waals surface area contributed by atoms with Gasteiger partial charge in [0.2, 0.25) is 0 Å². The van der Waals surface area contributed by atoms with Crippen molar-refractivity contribution in [1.82, 2.24) is 0 Å². The molecule has 1 aliphatic rings. The van der Waals surface area contributed by atoms with Crippen molar-refractivity contribution in [3.8, 4) is 11.5 Å². The molecule has 28 heavy (non-hydrogen) atoms. The van der Waals surface area contributed by atoms with Crippen molar-refractivity contribution in [2.75, 3.05) is 0 Å². The number of phenols is 2. The molecule has 2 rings (SSSR count). The van der Waals surface area contributed by atoms with E-state index in [9.17, 15) is 24.6 Å². The number of ether oxygens (including phenoxy) is 1. The van der Waals surface area contributed by atoms with Crippen LogP contribution < -0.4 is 0 Å². The van der Waals surface area contributed by atoms with E-state index < -0.39 is 29.4 Å². The summed E-state index contributed by atoms with van der Waals surface area (Å²) in [6.07, 6.45) is 7.79. The molecule has 2 N–H and O–H groups in total. The molecule has 0 fully saturated rings. The lowest BCUT2D eigenvalue weighted by atomic mass is 9.84. The second-order valence-corrected chi connectivity index (χ2v) is 6.76. The number of esters is 1. The highest BCUT2D eigenvalue weighted by Crippen LogP contribution is 2.36. The summed E-state index contributed by atoms with van der Waals surface area (Å²) in [7, 11) is 0. The number of carbonyl (C=O) groups is 3. The minimum atomic E-state index is -0.892. The summed E-state index contributed by atoms with van der Waals surface area (Å²) in [6, 6.07) is 2.32. The molecule has 0 bridgehead atoms. The SMILES string of the molecule is CCCC=CC(=O)OC(CCCCC)C1=CC(=O)c2c(O)ccc(O)c2C1=O. The molecule has 0 aromatic heterocycles. The van der Waals surface area contributed by atoms with Crippen molar-refractivity contribution in [3.05, 3.63) is 47.1 Å². The molecule has 0 amide bonds. The normalized spacial score (nSPS) is 14.7. The fraction of sp³-hybridized carbons (Fsp3) is 0.409. The molecule has 0 spiro atoms. The van der Waals surface area contributed by atoms with E-state index in [0.29, 0.717) is 12.8 Å². The van der Waals surface area contributed by atoms with Crippen LogP contribution in [0.5, 0.6) is 11.5 Å². The monoisotopic (exact) mass is 386 g/mol. The van der Waals surface area contributed by atoms with Crippen molar-refractivity contribution in [2.24, 2.45) is 0 Å². The van der Waals surface area contributed by atoms with E-state index in [2.05, 4.69) is 0 Å². The van der Waals surface area contributed by atoms with Gasteiger partial charge in [0.1, 0.15) is 17.6 Å². The highest BCUT2D eigenvalue weighted by Gasteiger charge is 2.35. The van der Waals surface area contributed by atoms with Crippen LogP contribution in [0.1, 0.15) is 73.1 Å². The smallest absolute Gasteiger partial charge is 0.331 e. The second-order valence-electron chi connectivity index (χ2n) is 6.76. The molecule has 0 saturated heterocycles. The van der Waals surface area contributed by atoms with E-state index in [1.165, 1.54) is 6.08 Å². The molecule has 1 aromatic rings. The zero-order valence-electron chi connectivity index (χ0n) is 16.2. The molecule has 1 aromatic carbocycles. The molecule has 0 aliphatic heterocycles. The number of rotatable bonds is 9. The molecule has 0 heterocycles. The quantitative estimate of drug-likeness (QED) is 0.285. The summed E-state index contributed by atoms with van der Waals surface area (Å²) < 4.78 is 5.48. The largest absolute Gasteiger partial charge is 0.507 e. The van der Waals surface area contributed by atoms with Gasteiger partial charge in [-0.2, -0.15) is 0 Å². The Hall–Kier alpha value is -2.89. The lowest BCUT2D eigenvalue weighted by Crippen LogP contribution is -2.29. The number of phenolic OH excluding ortho intramolecular Hbond substituents is 2. The zero-order chi connectivity index (χ0) is 20.7. The summed E-state index contributed by atoms with van der Waals surface area (Å²) in [5, 5.41) is 20.0. The Morgan fingerprint density at radius 2 is 1.75 bits per heavy atom. The van der Waals surface area contributed by atoms with Crippen molar-refractivity contribution < 1.29 is 29.3 Å². The Bertz CT molecular complexity index is 819. The first-order valence-electron chi connectivity index (χ1n) is 9.63. The molecule has 0 saturated carbocycles. The van der Waals surface area contributed by atoms with Crippen molar-refractivity contribution >= 4 is 17.5 Å². The highest BCUT2D eigenvalue weighted by atomic mass is 16.5. The first-order chi connectivity index (χ1) is 13.4. The summed E-state index contributed by atoms with van der Waals surface area (Å²) in [4.78, 5) is 37.6. The number of benzene rings is 1. The predicted octanol–water partition coefficient (Wildman–Crippen LogP) is 4.25. The Balaban J connectivity index is 2.34. The number of allylic oxidation sites excluding steroid dienone is 2. The second kappa shape index (κ2) is 9.88. The van der Waals surface area contributed by atoms with Crippen molar-refractivity contribution in [3.63, 3.8) is 0 Å². The summed E-state index contributed by atoms with van der Waals surface area (Å²) >= 11 is 0. The molecule has 150 valence electrons. The zero-order valence-corrected chi connectivity index (χ0v) is 16.2. The molecule has 0 radical (unpaired) electrons. The van der Waals surface area contributed by atoms with Gasteiger partial charge in [0.05, 0.1) is 11.1 Å². The van der Waals surface area contributed by atoms with E-state index in [-0.39, 0.29) is 22.4 Å². The maximum absolute atomic E-state index is 13.0. The summed E-state index contributed by atoms with van der Waals surface area (Å²) in [6.45, 7) is 4.01. The van der Waals surface area contributed by atoms with Crippen LogP contribution in [0.4, 0.5) is 0 Å². The van der Waals surface area contributed by atoms with E-state index in [1.807, 2.05) is 13.8 Å². The van der Waals surface area contributed by atoms with E-state index in [1.54, 1.807) is 6.08 Å². The highest BCUT2D eigenvalue weighted by molar-refractivity contribution is 6.27. The lowest BCUT2D eigenvalue weighted by molar-refractivity contribution is -0.141. The average Bonchev–Trinajstić information content (AvgIpc) is 2.66. The minimum absolute atomic E-state index is 0.0201. The number of Topliss-reactive ketones (excluding diaryl/α,β-unsaturated/α-hetero) is 1. The van der Waals surface area contributed by atoms with Gasteiger partial charge >= 0.3 is 5.97 Å². The number of aromatic hydroxyl groups is 2. The van der Waals surface area contributed by atoms with Crippen LogP contribution in [0.15, 0.2) is 35.9 Å². The van der Waals surface area contributed by atoms with Crippen LogP contribution in [0.3, 0.4) is 0 Å². The van der Waals surface area contributed by atoms with Crippen molar-refractivity contribution in [2.45, 2.75) is 58.5 Å². The standard InChI is InChI=1S/C22H26O6/c1-3-5-7-9-18(28-19(26)10-8-6-4-2)14-13-17(25)20-15(23)11-12-16(24)21(20)22(14)27/h8,10-13,18,23-24H,3-7,9H2,1-2H3. The number of carbonyl (C=O) groups excluding carboxylic acids is 3. The van der Waals surface area contributed by atoms with Gasteiger partial charge in [-0.05, 0) is 37.5 Å². The fourth-order valence-corrected chi connectivity index (χ4v) is 3.11. The maximum atomic E-state index is 13.0. The molecule has 6 nitrogen and oxygen atoms in total. The summed E-state index contributed by atoms with van der Waals surface area (Å²) in [5.74, 6) is -2.56. The first-order valence-corrected chi connectivity index (χ1v) is 9.63. The minimum Gasteiger partial charge on any atom is -0.507 e. The van der Waals surface area contributed by atoms with Crippen LogP contribution in [-0.2, 0) is 9.53 Å². The number of ketones is 2. The molecule has 1 aliphatic carbocycles. The molecule has 6 heteroatoms. The van der Waals surface area contributed by atoms with Crippen LogP contribution in [0.2, 0.25) is 0 Å². The molecular formula is C22H26O6. The third-order valence-electron chi connectivity index (χ3n) is 4.57. The first kappa shape index (κ1) is 21.4. The molecule has 1 unspecified atom stereocenters. The summed E-state index contributed by atoms with van der Waals surface area (Å²) in [5.41, 5.74) is -0.456. The average molecular weight is 386 g/mol. The van der Waals surface area contributed by atoms with Gasteiger partial charge in [0.25, 0.3) is 0 Å². The molecular weight excluding hydrogens is 360 g/mol. The number of hydrogen-bond acceptors (Lipinski definition) is 6. The van der Waals surface area contributed by atoms with Gasteiger partial charge in [-0.3, -0.25) is 9.59 Å². The van der Waals surface area contributed by atoms with Gasteiger partial charge < -0.3 is 14.9 Å². The number of fused-ring (bicyclic) bond motifs is 1. The predicted molar refractivity (Wildman–Crippen MR) is 105 cm³/mol. The Morgan fingerprint density at radius 3 is 2.39 bits per heavy atom. The topological polar surface area (TPSA) is 101 Å². The van der Waals surface area contributed by atoms with Crippen LogP contribution in [0, 0.1) is 0 Å². The van der Waals surface area contributed by atoms with E-state index in [0.717, 1.165) is 43.9 Å². The van der Waals surface area contributed by atoms with Crippen molar-refractivity contribution in [1.29, 1.82) is 0 Å². The lowest BCUT2D eigenvalue weighted by Gasteiger charge is -2.23. The van der Waals surface area contributed by atoms with E-state index >= 15 is 0 Å². The van der Waals surface area contributed by atoms with E-state index in [4.69, 9.17) is 4.74 Å². The van der Waals surface area contributed by atoms with Crippen LogP contribution in [0.25, 0.3) is 0 Å². The Morgan fingerprint density at radius 1 is 1.07 bits per heavy atom. The van der Waals surface area contributed by atoms with Crippen LogP contribution >= 0.6 is 0 Å².